The number of benzene rings is 8. The summed E-state index contributed by atoms with van der Waals surface area (Å²) >= 11 is 0. The van der Waals surface area contributed by atoms with Gasteiger partial charge in [0.2, 0.25) is 0 Å². The van der Waals surface area contributed by atoms with E-state index in [-0.39, 0.29) is 11.6 Å². The number of fused-ring (bicyclic) bond motifs is 6. The predicted molar refractivity (Wildman–Crippen MR) is 259 cm³/mol. The van der Waals surface area contributed by atoms with Crippen LogP contribution in [0.4, 0.5) is 8.78 Å². The lowest BCUT2D eigenvalue weighted by atomic mass is 9.80. The summed E-state index contributed by atoms with van der Waals surface area (Å²) in [7, 11) is 0. The van der Waals surface area contributed by atoms with Crippen molar-refractivity contribution in [2.45, 2.75) is 13.8 Å². The van der Waals surface area contributed by atoms with Crippen LogP contribution in [0.15, 0.2) is 195 Å². The number of aromatic nitrogens is 3. The van der Waals surface area contributed by atoms with Gasteiger partial charge in [0.25, 0.3) is 0 Å². The van der Waals surface area contributed by atoms with Gasteiger partial charge in [-0.2, -0.15) is 0 Å². The van der Waals surface area contributed by atoms with Crippen LogP contribution in [0.25, 0.3) is 100 Å². The third-order valence-corrected chi connectivity index (χ3v) is 12.5. The molecule has 0 amide bonds. The minimum absolute atomic E-state index is 0.298. The lowest BCUT2D eigenvalue weighted by molar-refractivity contribution is 0.627. The number of hydrogen-bond acceptors (Lipinski definition) is 3. The Kier molecular flexibility index (Phi) is 9.47. The minimum Gasteiger partial charge on any atom is -0.247 e. The van der Waals surface area contributed by atoms with E-state index in [2.05, 4.69) is 98.8 Å². The summed E-state index contributed by atoms with van der Waals surface area (Å²) in [5.74, 6) is 0.0369. The highest BCUT2D eigenvalue weighted by Crippen LogP contribution is 2.50. The fraction of sp³-hybridized carbons (Fsp3) is 0.0339. The quantitative estimate of drug-likeness (QED) is 0.157. The highest BCUT2D eigenvalue weighted by Gasteiger charge is 2.28. The average Bonchev–Trinajstić information content (AvgIpc) is 3.47. The zero-order valence-corrected chi connectivity index (χ0v) is 35.2. The molecule has 1 aliphatic rings. The van der Waals surface area contributed by atoms with Crippen molar-refractivity contribution in [3.05, 3.63) is 234 Å². The van der Waals surface area contributed by atoms with Gasteiger partial charge in [-0.25, -0.2) is 23.7 Å². The fourth-order valence-electron chi connectivity index (χ4n) is 9.40. The van der Waals surface area contributed by atoms with Crippen LogP contribution < -0.4 is 0 Å². The molecule has 10 aromatic rings. The molecule has 2 heterocycles. The summed E-state index contributed by atoms with van der Waals surface area (Å²) in [6.07, 6.45) is 2.15. The molecule has 8 aromatic carbocycles. The molecule has 11 rings (SSSR count). The third-order valence-electron chi connectivity index (χ3n) is 12.5. The Labute approximate surface area is 370 Å². The number of nitrogens with zero attached hydrogens (tertiary/aromatic N) is 3. The molecule has 0 radical (unpaired) electrons. The molecule has 0 N–H and O–H groups in total. The highest BCUT2D eigenvalue weighted by molar-refractivity contribution is 6.19. The number of rotatable bonds is 6. The summed E-state index contributed by atoms with van der Waals surface area (Å²) in [5, 5.41) is 3.10. The second-order valence-corrected chi connectivity index (χ2v) is 16.4. The van der Waals surface area contributed by atoms with E-state index >= 15 is 0 Å². The molecule has 0 spiro atoms. The zero-order chi connectivity index (χ0) is 43.5. The first-order valence-electron chi connectivity index (χ1n) is 21.3. The topological polar surface area (TPSA) is 38.7 Å². The molecular weight excluding hydrogens is 789 g/mol. The summed E-state index contributed by atoms with van der Waals surface area (Å²) in [6, 6.07) is 58.9. The second kappa shape index (κ2) is 15.6. The van der Waals surface area contributed by atoms with Gasteiger partial charge in [-0.15, -0.1) is 0 Å². The standard InChI is InChI=1S/C59H39F2N3/c1-35-31-50(38-21-26-45(60)27-22-38)56-36(2)55-48-19-10-11-20-51(48)62-58(41-23-28-46(61)29-24-41)57(55)37(3)54(56)47-30-25-43(33-49(35)47)42-17-12-18-44(32-42)59-63-52(39-13-6-4-7-14-39)34-53(64-59)40-15-8-5-9-16-40/h4-34H,1H2,2-3H3. The van der Waals surface area contributed by atoms with Gasteiger partial charge in [-0.3, -0.25) is 0 Å². The van der Waals surface area contributed by atoms with Gasteiger partial charge in [-0.05, 0) is 147 Å². The van der Waals surface area contributed by atoms with E-state index in [9.17, 15) is 8.78 Å². The molecule has 1 aliphatic carbocycles. The van der Waals surface area contributed by atoms with Crippen LogP contribution in [0, 0.1) is 25.5 Å². The molecule has 5 heteroatoms. The van der Waals surface area contributed by atoms with Gasteiger partial charge in [0.05, 0.1) is 22.6 Å². The maximum absolute atomic E-state index is 14.5. The molecule has 0 unspecified atom stereocenters. The van der Waals surface area contributed by atoms with Gasteiger partial charge in [-0.1, -0.05) is 128 Å². The van der Waals surface area contributed by atoms with Crippen LogP contribution in [0.5, 0.6) is 0 Å². The minimum atomic E-state index is -0.302. The van der Waals surface area contributed by atoms with Crippen LogP contribution in [0.3, 0.4) is 0 Å². The van der Waals surface area contributed by atoms with Crippen molar-refractivity contribution in [3.63, 3.8) is 0 Å². The molecule has 0 atom stereocenters. The molecular formula is C59H39F2N3. The van der Waals surface area contributed by atoms with E-state index in [1.807, 2.05) is 66.7 Å². The summed E-state index contributed by atoms with van der Waals surface area (Å²) in [5.41, 5.74) is 18.0. The molecule has 3 nitrogen and oxygen atoms in total. The largest absolute Gasteiger partial charge is 0.247 e. The van der Waals surface area contributed by atoms with Crippen molar-refractivity contribution in [1.29, 1.82) is 0 Å². The third kappa shape index (κ3) is 6.70. The van der Waals surface area contributed by atoms with Crippen LogP contribution in [0.1, 0.15) is 27.8 Å². The molecule has 64 heavy (non-hydrogen) atoms. The first-order chi connectivity index (χ1) is 31.3. The highest BCUT2D eigenvalue weighted by atomic mass is 19.1. The number of pyridine rings is 1. The number of halogens is 2. The number of allylic oxidation sites excluding steroid dienone is 2. The zero-order valence-electron chi connectivity index (χ0n) is 35.2. The summed E-state index contributed by atoms with van der Waals surface area (Å²) in [6.45, 7) is 9.04. The van der Waals surface area contributed by atoms with E-state index < -0.39 is 0 Å². The molecule has 0 bridgehead atoms. The maximum Gasteiger partial charge on any atom is 0.160 e. The van der Waals surface area contributed by atoms with Gasteiger partial charge < -0.3 is 0 Å². The van der Waals surface area contributed by atoms with Gasteiger partial charge >= 0.3 is 0 Å². The number of hydrogen-bond donors (Lipinski definition) is 0. The van der Waals surface area contributed by atoms with Crippen LogP contribution in [-0.2, 0) is 0 Å². The van der Waals surface area contributed by atoms with Crippen molar-refractivity contribution in [3.8, 4) is 67.4 Å². The smallest absolute Gasteiger partial charge is 0.160 e. The van der Waals surface area contributed by atoms with Crippen LogP contribution >= 0.6 is 0 Å². The van der Waals surface area contributed by atoms with E-state index in [0.717, 1.165) is 122 Å². The molecule has 0 saturated carbocycles. The number of para-hydroxylation sites is 1. The van der Waals surface area contributed by atoms with Crippen molar-refractivity contribution < 1.29 is 8.78 Å². The van der Waals surface area contributed by atoms with Crippen molar-refractivity contribution >= 4 is 32.8 Å². The predicted octanol–water partition coefficient (Wildman–Crippen LogP) is 15.5. The maximum atomic E-state index is 14.5. The first-order valence-corrected chi connectivity index (χ1v) is 21.3. The first kappa shape index (κ1) is 38.7. The molecule has 304 valence electrons. The Hall–Kier alpha value is -8.15. The van der Waals surface area contributed by atoms with E-state index in [1.54, 1.807) is 12.1 Å². The molecule has 0 aliphatic heterocycles. The van der Waals surface area contributed by atoms with Crippen LogP contribution in [0.2, 0.25) is 0 Å². The van der Waals surface area contributed by atoms with Crippen molar-refractivity contribution in [2.24, 2.45) is 0 Å². The lowest BCUT2D eigenvalue weighted by Crippen LogP contribution is -2.03. The average molecular weight is 828 g/mol. The van der Waals surface area contributed by atoms with Gasteiger partial charge in [0, 0.05) is 33.0 Å². The Balaban J connectivity index is 1.13. The summed E-state index contributed by atoms with van der Waals surface area (Å²) < 4.78 is 28.9. The SMILES string of the molecule is C=C1C=C(c2ccc(F)cc2)c2c(c(C)c3c(-c4ccc(F)cc4)nc4ccccc4c3c2C)-c2ccc(-c3cccc(-c4nc(-c5ccccc5)cc(-c5ccccc5)n4)c3)cc21. The van der Waals surface area contributed by atoms with Gasteiger partial charge in [0.15, 0.2) is 5.82 Å². The second-order valence-electron chi connectivity index (χ2n) is 16.4. The Morgan fingerprint density at radius 1 is 0.422 bits per heavy atom. The normalized spacial score (nSPS) is 12.2. The molecule has 0 saturated heterocycles. The van der Waals surface area contributed by atoms with Crippen molar-refractivity contribution in [1.82, 2.24) is 15.0 Å². The molecule has 2 aromatic heterocycles. The Morgan fingerprint density at radius 3 is 1.64 bits per heavy atom. The van der Waals surface area contributed by atoms with Gasteiger partial charge in [0.1, 0.15) is 11.6 Å². The number of aryl methyl sites for hydroxylation is 2. The van der Waals surface area contributed by atoms with Crippen molar-refractivity contribution in [2.75, 3.05) is 0 Å². The van der Waals surface area contributed by atoms with E-state index in [4.69, 9.17) is 21.5 Å². The Morgan fingerprint density at radius 2 is 0.969 bits per heavy atom. The molecule has 0 fully saturated rings. The van der Waals surface area contributed by atoms with E-state index in [1.165, 1.54) is 24.3 Å². The lowest BCUT2D eigenvalue weighted by Gasteiger charge is -2.24. The summed E-state index contributed by atoms with van der Waals surface area (Å²) in [4.78, 5) is 15.5. The van der Waals surface area contributed by atoms with Crippen LogP contribution in [-0.4, -0.2) is 15.0 Å². The Bertz CT molecular complexity index is 3460. The monoisotopic (exact) mass is 827 g/mol. The van der Waals surface area contributed by atoms with E-state index in [0.29, 0.717) is 5.82 Å². The fourth-order valence-corrected chi connectivity index (χ4v) is 9.40.